The van der Waals surface area contributed by atoms with Crippen molar-refractivity contribution in [3.8, 4) is 0 Å². The van der Waals surface area contributed by atoms with Gasteiger partial charge in [-0.25, -0.2) is 0 Å². The summed E-state index contributed by atoms with van der Waals surface area (Å²) in [5.41, 5.74) is 2.63. The van der Waals surface area contributed by atoms with E-state index >= 15 is 0 Å². The molecule has 0 atom stereocenters. The van der Waals surface area contributed by atoms with E-state index in [2.05, 4.69) is 79.7 Å². The number of hydrogen-bond acceptors (Lipinski definition) is 2. The standard InChI is InChI=1S/C16H28N4/c1-13-8-7-9-14(10-13)11-18-15(17-4)19-12-16(2,3)20(5)6/h7-10H,11-12H2,1-6H3,(H2,17,18,19). The summed E-state index contributed by atoms with van der Waals surface area (Å²) in [4.78, 5) is 6.47. The van der Waals surface area contributed by atoms with Crippen molar-refractivity contribution < 1.29 is 0 Å². The molecule has 20 heavy (non-hydrogen) atoms. The molecule has 0 saturated heterocycles. The molecular formula is C16H28N4. The zero-order valence-corrected chi connectivity index (χ0v) is 13.6. The molecule has 0 saturated carbocycles. The van der Waals surface area contributed by atoms with Crippen molar-refractivity contribution in [3.63, 3.8) is 0 Å². The van der Waals surface area contributed by atoms with E-state index in [1.165, 1.54) is 11.1 Å². The summed E-state index contributed by atoms with van der Waals surface area (Å²) < 4.78 is 0. The molecule has 0 amide bonds. The first-order valence-electron chi connectivity index (χ1n) is 7.02. The molecule has 0 bridgehead atoms. The third kappa shape index (κ3) is 5.21. The van der Waals surface area contributed by atoms with Gasteiger partial charge in [0.05, 0.1) is 0 Å². The van der Waals surface area contributed by atoms with Gasteiger partial charge in [-0.1, -0.05) is 29.8 Å². The SMILES string of the molecule is CN=C(NCc1cccc(C)c1)NCC(C)(C)N(C)C. The smallest absolute Gasteiger partial charge is 0.191 e. The lowest BCUT2D eigenvalue weighted by Crippen LogP contribution is -2.50. The number of hydrogen-bond donors (Lipinski definition) is 2. The number of guanidine groups is 1. The van der Waals surface area contributed by atoms with E-state index < -0.39 is 0 Å². The van der Waals surface area contributed by atoms with Crippen LogP contribution >= 0.6 is 0 Å². The van der Waals surface area contributed by atoms with Gasteiger partial charge in [-0.2, -0.15) is 0 Å². The minimum Gasteiger partial charge on any atom is -0.355 e. The van der Waals surface area contributed by atoms with Gasteiger partial charge in [0.1, 0.15) is 0 Å². The molecule has 0 heterocycles. The van der Waals surface area contributed by atoms with Gasteiger partial charge in [0.25, 0.3) is 0 Å². The lowest BCUT2D eigenvalue weighted by Gasteiger charge is -2.33. The van der Waals surface area contributed by atoms with Crippen LogP contribution in [0.1, 0.15) is 25.0 Å². The van der Waals surface area contributed by atoms with Crippen LogP contribution in [0, 0.1) is 6.92 Å². The lowest BCUT2D eigenvalue weighted by molar-refractivity contribution is 0.197. The predicted molar refractivity (Wildman–Crippen MR) is 87.1 cm³/mol. The number of nitrogens with zero attached hydrogens (tertiary/aromatic N) is 2. The minimum absolute atomic E-state index is 0.0843. The number of aryl methyl sites for hydroxylation is 1. The molecule has 0 spiro atoms. The molecule has 1 aromatic rings. The van der Waals surface area contributed by atoms with E-state index in [9.17, 15) is 0 Å². The third-order valence-electron chi connectivity index (χ3n) is 3.67. The van der Waals surface area contributed by atoms with Crippen LogP contribution in [0.2, 0.25) is 0 Å². The van der Waals surface area contributed by atoms with E-state index in [1.54, 1.807) is 7.05 Å². The van der Waals surface area contributed by atoms with Gasteiger partial charge in [0, 0.05) is 25.7 Å². The van der Waals surface area contributed by atoms with Crippen LogP contribution in [0.25, 0.3) is 0 Å². The fourth-order valence-corrected chi connectivity index (χ4v) is 1.69. The van der Waals surface area contributed by atoms with E-state index in [0.717, 1.165) is 19.0 Å². The van der Waals surface area contributed by atoms with Crippen LogP contribution in [0.5, 0.6) is 0 Å². The topological polar surface area (TPSA) is 39.7 Å². The summed E-state index contributed by atoms with van der Waals surface area (Å²) in [5.74, 6) is 0.835. The number of aliphatic imine (C=N–C) groups is 1. The molecule has 0 aromatic heterocycles. The van der Waals surface area contributed by atoms with Crippen LogP contribution < -0.4 is 10.6 Å². The molecule has 2 N–H and O–H groups in total. The Bertz CT molecular complexity index is 450. The van der Waals surface area contributed by atoms with E-state index in [1.807, 2.05) is 0 Å². The van der Waals surface area contributed by atoms with Gasteiger partial charge in [-0.15, -0.1) is 0 Å². The third-order valence-corrected chi connectivity index (χ3v) is 3.67. The van der Waals surface area contributed by atoms with Crippen molar-refractivity contribution in [1.29, 1.82) is 0 Å². The second kappa shape index (κ2) is 7.29. The summed E-state index contributed by atoms with van der Waals surface area (Å²) in [5, 5.41) is 6.72. The zero-order chi connectivity index (χ0) is 15.2. The van der Waals surface area contributed by atoms with Crippen molar-refractivity contribution in [2.75, 3.05) is 27.7 Å². The van der Waals surface area contributed by atoms with Gasteiger partial charge < -0.3 is 15.5 Å². The van der Waals surface area contributed by atoms with Crippen LogP contribution in [-0.4, -0.2) is 44.1 Å². The molecule has 0 aliphatic rings. The van der Waals surface area contributed by atoms with E-state index in [-0.39, 0.29) is 5.54 Å². The van der Waals surface area contributed by atoms with Crippen LogP contribution in [0.15, 0.2) is 29.3 Å². The lowest BCUT2D eigenvalue weighted by atomic mass is 10.0. The van der Waals surface area contributed by atoms with Gasteiger partial charge in [0.15, 0.2) is 5.96 Å². The normalized spacial score (nSPS) is 12.7. The Morgan fingerprint density at radius 2 is 1.95 bits per heavy atom. The zero-order valence-electron chi connectivity index (χ0n) is 13.6. The first-order chi connectivity index (χ1) is 9.35. The summed E-state index contributed by atoms with van der Waals surface area (Å²) in [7, 11) is 5.98. The molecule has 1 aromatic carbocycles. The van der Waals surface area contributed by atoms with Gasteiger partial charge in [-0.05, 0) is 40.4 Å². The molecule has 0 aliphatic heterocycles. The summed E-state index contributed by atoms with van der Waals surface area (Å²) in [6.07, 6.45) is 0. The maximum absolute atomic E-state index is 4.26. The number of nitrogens with one attached hydrogen (secondary N) is 2. The monoisotopic (exact) mass is 276 g/mol. The molecule has 0 radical (unpaired) electrons. The highest BCUT2D eigenvalue weighted by molar-refractivity contribution is 5.79. The Hall–Kier alpha value is -1.55. The van der Waals surface area contributed by atoms with Gasteiger partial charge >= 0.3 is 0 Å². The minimum atomic E-state index is 0.0843. The molecule has 4 nitrogen and oxygen atoms in total. The Kier molecular flexibility index (Phi) is 6.02. The number of benzene rings is 1. The Labute approximate surface area is 123 Å². The maximum atomic E-state index is 4.26. The molecule has 1 rings (SSSR count). The molecule has 4 heteroatoms. The summed E-state index contributed by atoms with van der Waals surface area (Å²) in [6, 6.07) is 8.49. The quantitative estimate of drug-likeness (QED) is 0.638. The summed E-state index contributed by atoms with van der Waals surface area (Å²) in [6.45, 7) is 8.13. The van der Waals surface area contributed by atoms with Crippen LogP contribution in [0.4, 0.5) is 0 Å². The predicted octanol–water partition coefficient (Wildman–Crippen LogP) is 2.00. The number of likely N-dealkylation sites (N-methyl/N-ethyl adjacent to an activating group) is 1. The van der Waals surface area contributed by atoms with Crippen molar-refractivity contribution in [3.05, 3.63) is 35.4 Å². The van der Waals surface area contributed by atoms with Crippen molar-refractivity contribution >= 4 is 5.96 Å². The average Bonchev–Trinajstić information content (AvgIpc) is 2.38. The highest BCUT2D eigenvalue weighted by atomic mass is 15.2. The Balaban J connectivity index is 2.49. The Morgan fingerprint density at radius 1 is 1.25 bits per heavy atom. The van der Waals surface area contributed by atoms with Gasteiger partial charge in [-0.3, -0.25) is 4.99 Å². The first-order valence-corrected chi connectivity index (χ1v) is 7.02. The first kappa shape index (κ1) is 16.5. The van der Waals surface area contributed by atoms with Crippen molar-refractivity contribution in [1.82, 2.24) is 15.5 Å². The van der Waals surface area contributed by atoms with E-state index in [0.29, 0.717) is 0 Å². The maximum Gasteiger partial charge on any atom is 0.191 e. The molecular weight excluding hydrogens is 248 g/mol. The van der Waals surface area contributed by atoms with Crippen LogP contribution in [0.3, 0.4) is 0 Å². The average molecular weight is 276 g/mol. The van der Waals surface area contributed by atoms with Crippen LogP contribution in [-0.2, 0) is 6.54 Å². The largest absolute Gasteiger partial charge is 0.355 e. The second-order valence-corrected chi connectivity index (χ2v) is 5.98. The molecule has 0 aliphatic carbocycles. The van der Waals surface area contributed by atoms with Crippen molar-refractivity contribution in [2.45, 2.75) is 32.9 Å². The summed E-state index contributed by atoms with van der Waals surface area (Å²) >= 11 is 0. The molecule has 0 fully saturated rings. The second-order valence-electron chi connectivity index (χ2n) is 5.98. The fourth-order valence-electron chi connectivity index (χ4n) is 1.69. The number of rotatable bonds is 5. The highest BCUT2D eigenvalue weighted by Gasteiger charge is 2.20. The molecule has 0 unspecified atom stereocenters. The fraction of sp³-hybridized carbons (Fsp3) is 0.562. The Morgan fingerprint density at radius 3 is 2.50 bits per heavy atom. The van der Waals surface area contributed by atoms with Crippen molar-refractivity contribution in [2.24, 2.45) is 4.99 Å². The van der Waals surface area contributed by atoms with E-state index in [4.69, 9.17) is 0 Å². The highest BCUT2D eigenvalue weighted by Crippen LogP contribution is 2.07. The molecule has 112 valence electrons. The van der Waals surface area contributed by atoms with Gasteiger partial charge in [0.2, 0.25) is 0 Å².